The molecule has 0 saturated carbocycles. The van der Waals surface area contributed by atoms with Crippen LogP contribution in [0.3, 0.4) is 0 Å². The number of anilines is 1. The average Bonchev–Trinajstić information content (AvgIpc) is 2.91. The minimum atomic E-state index is -1.01. The molecule has 9 nitrogen and oxygen atoms in total. The van der Waals surface area contributed by atoms with Crippen LogP contribution in [0.5, 0.6) is 0 Å². The fraction of sp³-hybridized carbons (Fsp3) is 0.333. The van der Waals surface area contributed by atoms with Crippen molar-refractivity contribution in [2.45, 2.75) is 19.0 Å². The molecular formula is C21H22ClN5O4. The van der Waals surface area contributed by atoms with Crippen molar-refractivity contribution in [1.82, 2.24) is 19.4 Å². The Morgan fingerprint density at radius 2 is 1.87 bits per heavy atom. The van der Waals surface area contributed by atoms with E-state index in [0.29, 0.717) is 47.1 Å². The summed E-state index contributed by atoms with van der Waals surface area (Å²) in [6.07, 6.45) is 5.75. The van der Waals surface area contributed by atoms with Gasteiger partial charge in [-0.1, -0.05) is 17.7 Å². The van der Waals surface area contributed by atoms with Crippen LogP contribution in [0, 0.1) is 0 Å². The lowest BCUT2D eigenvalue weighted by atomic mass is 10.0. The number of carboxylic acids is 2. The Hall–Kier alpha value is -3.17. The normalized spacial score (nSPS) is 16.2. The van der Waals surface area contributed by atoms with E-state index in [4.69, 9.17) is 11.6 Å². The maximum Gasteiger partial charge on any atom is 0.325 e. The molecule has 162 valence electrons. The molecule has 1 aliphatic rings. The van der Waals surface area contributed by atoms with Crippen molar-refractivity contribution in [3.63, 3.8) is 0 Å². The molecule has 0 amide bonds. The molecule has 0 unspecified atom stereocenters. The number of aromatic nitrogens is 3. The van der Waals surface area contributed by atoms with E-state index in [1.165, 1.54) is 4.57 Å². The van der Waals surface area contributed by atoms with E-state index < -0.39 is 18.0 Å². The number of carboxylic acid groups (broad SMARTS) is 2. The molecule has 1 aliphatic heterocycles. The zero-order chi connectivity index (χ0) is 22.0. The quantitative estimate of drug-likeness (QED) is 0.597. The number of hydrogen-bond acceptors (Lipinski definition) is 6. The molecule has 1 fully saturated rings. The van der Waals surface area contributed by atoms with Gasteiger partial charge in [0.15, 0.2) is 0 Å². The highest BCUT2D eigenvalue weighted by atomic mass is 35.5. The lowest BCUT2D eigenvalue weighted by Gasteiger charge is -2.27. The van der Waals surface area contributed by atoms with Gasteiger partial charge in [0, 0.05) is 60.7 Å². The highest BCUT2D eigenvalue weighted by Gasteiger charge is 2.32. The minimum absolute atomic E-state index is 0.275. The molecule has 0 radical (unpaired) electrons. The Bertz CT molecular complexity index is 1100. The van der Waals surface area contributed by atoms with Crippen LogP contribution < -0.4 is 4.90 Å². The van der Waals surface area contributed by atoms with Gasteiger partial charge in [-0.2, -0.15) is 0 Å². The van der Waals surface area contributed by atoms with Crippen molar-refractivity contribution >= 4 is 40.4 Å². The molecule has 2 N–H and O–H groups in total. The first-order chi connectivity index (χ1) is 14.9. The van der Waals surface area contributed by atoms with E-state index >= 15 is 0 Å². The number of benzene rings is 1. The molecule has 10 heteroatoms. The summed E-state index contributed by atoms with van der Waals surface area (Å²) in [5, 5.41) is 20.6. The van der Waals surface area contributed by atoms with Crippen LogP contribution in [0.4, 0.5) is 5.95 Å². The Morgan fingerprint density at radius 1 is 1.10 bits per heavy atom. The van der Waals surface area contributed by atoms with Crippen LogP contribution in [0.25, 0.3) is 10.9 Å². The highest BCUT2D eigenvalue weighted by molar-refractivity contribution is 6.31. The summed E-state index contributed by atoms with van der Waals surface area (Å²) in [7, 11) is 0. The lowest BCUT2D eigenvalue weighted by Crippen LogP contribution is -2.37. The highest BCUT2D eigenvalue weighted by Crippen LogP contribution is 2.33. The first kappa shape index (κ1) is 21.1. The van der Waals surface area contributed by atoms with E-state index in [1.807, 2.05) is 9.80 Å². The molecule has 3 heterocycles. The van der Waals surface area contributed by atoms with Crippen LogP contribution in [0.2, 0.25) is 5.02 Å². The second-order valence-electron chi connectivity index (χ2n) is 7.43. The molecule has 0 aliphatic carbocycles. The van der Waals surface area contributed by atoms with Gasteiger partial charge < -0.3 is 19.7 Å². The Morgan fingerprint density at radius 3 is 2.58 bits per heavy atom. The molecule has 31 heavy (non-hydrogen) atoms. The Balaban J connectivity index is 1.67. The fourth-order valence-electron chi connectivity index (χ4n) is 4.12. The predicted molar refractivity (Wildman–Crippen MR) is 115 cm³/mol. The molecule has 0 spiro atoms. The van der Waals surface area contributed by atoms with Crippen LogP contribution in [0.1, 0.15) is 18.0 Å². The number of fused-ring (bicyclic) bond motifs is 1. The third kappa shape index (κ3) is 4.47. The summed E-state index contributed by atoms with van der Waals surface area (Å²) in [4.78, 5) is 36.3. The van der Waals surface area contributed by atoms with Crippen molar-refractivity contribution in [2.24, 2.45) is 0 Å². The molecule has 1 aromatic carbocycles. The van der Waals surface area contributed by atoms with Gasteiger partial charge in [-0.3, -0.25) is 14.5 Å². The summed E-state index contributed by atoms with van der Waals surface area (Å²) < 4.78 is 1.54. The standard InChI is InChI=1S/C21H22ClN5O4/c22-14-3-4-15-16(12-27(13-18(28)29)17(15)11-14)19(20(30)31)25-7-2-8-26(10-9-25)21-23-5-1-6-24-21/h1,3-6,11-12,19H,2,7-10,13H2,(H,28,29)(H,30,31)/t19-/m1/s1. The van der Waals surface area contributed by atoms with Gasteiger partial charge in [-0.15, -0.1) is 0 Å². The first-order valence-corrected chi connectivity index (χ1v) is 10.3. The molecule has 4 rings (SSSR count). The van der Waals surface area contributed by atoms with E-state index in [0.717, 1.165) is 13.0 Å². The molecular weight excluding hydrogens is 422 g/mol. The zero-order valence-electron chi connectivity index (χ0n) is 16.7. The first-order valence-electron chi connectivity index (χ1n) is 9.93. The Kier molecular flexibility index (Phi) is 6.06. The third-order valence-electron chi connectivity index (χ3n) is 5.44. The second-order valence-corrected chi connectivity index (χ2v) is 7.87. The van der Waals surface area contributed by atoms with Gasteiger partial charge >= 0.3 is 11.9 Å². The topological polar surface area (TPSA) is 112 Å². The van der Waals surface area contributed by atoms with Crippen molar-refractivity contribution in [1.29, 1.82) is 0 Å². The van der Waals surface area contributed by atoms with E-state index in [-0.39, 0.29) is 6.54 Å². The van der Waals surface area contributed by atoms with Gasteiger partial charge in [-0.05, 0) is 24.6 Å². The summed E-state index contributed by atoms with van der Waals surface area (Å²) in [5.74, 6) is -1.36. The van der Waals surface area contributed by atoms with Crippen molar-refractivity contribution in [3.05, 3.63) is 53.4 Å². The molecule has 2 aromatic heterocycles. The maximum atomic E-state index is 12.4. The van der Waals surface area contributed by atoms with Crippen LogP contribution >= 0.6 is 11.6 Å². The zero-order valence-corrected chi connectivity index (χ0v) is 17.4. The van der Waals surface area contributed by atoms with Gasteiger partial charge in [-0.25, -0.2) is 9.97 Å². The van der Waals surface area contributed by atoms with Gasteiger partial charge in [0.25, 0.3) is 0 Å². The second kappa shape index (κ2) is 8.91. The monoisotopic (exact) mass is 443 g/mol. The number of nitrogens with zero attached hydrogens (tertiary/aromatic N) is 5. The minimum Gasteiger partial charge on any atom is -0.480 e. The van der Waals surface area contributed by atoms with Crippen molar-refractivity contribution in [2.75, 3.05) is 31.1 Å². The SMILES string of the molecule is O=C(O)Cn1cc([C@H](C(=O)O)N2CCCN(c3ncccn3)CC2)c2ccc(Cl)cc21. The van der Waals surface area contributed by atoms with E-state index in [2.05, 4.69) is 9.97 Å². The van der Waals surface area contributed by atoms with Gasteiger partial charge in [0.1, 0.15) is 12.6 Å². The van der Waals surface area contributed by atoms with Crippen LogP contribution in [0.15, 0.2) is 42.9 Å². The van der Waals surface area contributed by atoms with Crippen LogP contribution in [-0.2, 0) is 16.1 Å². The van der Waals surface area contributed by atoms with Gasteiger partial charge in [0.05, 0.1) is 5.52 Å². The number of hydrogen-bond donors (Lipinski definition) is 2. The average molecular weight is 444 g/mol. The third-order valence-corrected chi connectivity index (χ3v) is 5.67. The Labute approximate surface area is 183 Å². The lowest BCUT2D eigenvalue weighted by molar-refractivity contribution is -0.143. The maximum absolute atomic E-state index is 12.4. The summed E-state index contributed by atoms with van der Waals surface area (Å²) >= 11 is 6.12. The summed E-state index contributed by atoms with van der Waals surface area (Å²) in [6.45, 7) is 2.13. The van der Waals surface area contributed by atoms with E-state index in [1.54, 1.807) is 42.9 Å². The number of aliphatic carboxylic acids is 2. The number of rotatable bonds is 6. The number of carbonyl (C=O) groups is 2. The molecule has 3 aromatic rings. The predicted octanol–water partition coefficient (Wildman–Crippen LogP) is 2.51. The van der Waals surface area contributed by atoms with Crippen molar-refractivity contribution < 1.29 is 19.8 Å². The molecule has 1 atom stereocenters. The molecule has 0 bridgehead atoms. The van der Waals surface area contributed by atoms with Crippen molar-refractivity contribution in [3.8, 4) is 0 Å². The fourth-order valence-corrected chi connectivity index (χ4v) is 4.29. The smallest absolute Gasteiger partial charge is 0.325 e. The van der Waals surface area contributed by atoms with E-state index in [9.17, 15) is 19.8 Å². The number of halogens is 1. The van der Waals surface area contributed by atoms with Crippen LogP contribution in [-0.4, -0.2) is 67.8 Å². The van der Waals surface area contributed by atoms with Gasteiger partial charge in [0.2, 0.25) is 5.95 Å². The largest absolute Gasteiger partial charge is 0.480 e. The molecule has 1 saturated heterocycles. The summed E-state index contributed by atoms with van der Waals surface area (Å²) in [5.41, 5.74) is 1.16. The summed E-state index contributed by atoms with van der Waals surface area (Å²) in [6, 6.07) is 5.96.